The average Bonchev–Trinajstić information content (AvgIpc) is 2.42. The molecule has 1 aromatic carbocycles. The second kappa shape index (κ2) is 7.51. The van der Waals surface area contributed by atoms with E-state index in [-0.39, 0.29) is 0 Å². The molecule has 0 fully saturated rings. The van der Waals surface area contributed by atoms with Gasteiger partial charge in [-0.25, -0.2) is 0 Å². The Hall–Kier alpha value is -1.06. The predicted octanol–water partition coefficient (Wildman–Crippen LogP) is 2.53. The van der Waals surface area contributed by atoms with Gasteiger partial charge in [0, 0.05) is 18.5 Å². The van der Waals surface area contributed by atoms with Gasteiger partial charge in [0.15, 0.2) is 0 Å². The van der Waals surface area contributed by atoms with Crippen molar-refractivity contribution in [3.05, 3.63) is 29.8 Å². The van der Waals surface area contributed by atoms with Crippen molar-refractivity contribution < 1.29 is 4.74 Å². The number of nitrogens with one attached hydrogen (secondary N) is 2. The predicted molar refractivity (Wildman–Crippen MR) is 79.9 cm³/mol. The van der Waals surface area contributed by atoms with Crippen LogP contribution in [0.1, 0.15) is 38.2 Å². The monoisotopic (exact) mass is 262 g/mol. The third-order valence-electron chi connectivity index (χ3n) is 3.56. The van der Waals surface area contributed by atoms with Gasteiger partial charge in [0.25, 0.3) is 0 Å². The summed E-state index contributed by atoms with van der Waals surface area (Å²) in [6, 6.07) is 9.01. The molecule has 0 amide bonds. The van der Waals surface area contributed by atoms with Crippen molar-refractivity contribution in [2.75, 3.05) is 26.2 Å². The van der Waals surface area contributed by atoms with Crippen LogP contribution in [0.2, 0.25) is 0 Å². The highest BCUT2D eigenvalue weighted by Crippen LogP contribution is 2.32. The van der Waals surface area contributed by atoms with Crippen molar-refractivity contribution in [3.8, 4) is 5.75 Å². The van der Waals surface area contributed by atoms with E-state index in [1.165, 1.54) is 12.0 Å². The molecule has 0 bridgehead atoms. The number of benzene rings is 1. The van der Waals surface area contributed by atoms with E-state index in [1.54, 1.807) is 0 Å². The van der Waals surface area contributed by atoms with Crippen molar-refractivity contribution in [1.82, 2.24) is 10.6 Å². The van der Waals surface area contributed by atoms with E-state index in [0.717, 1.165) is 38.4 Å². The first-order chi connectivity index (χ1) is 9.27. The van der Waals surface area contributed by atoms with Gasteiger partial charge in [0.1, 0.15) is 5.75 Å². The maximum Gasteiger partial charge on any atom is 0.122 e. The van der Waals surface area contributed by atoms with Gasteiger partial charge in [-0.2, -0.15) is 0 Å². The van der Waals surface area contributed by atoms with E-state index < -0.39 is 0 Å². The van der Waals surface area contributed by atoms with Crippen LogP contribution >= 0.6 is 0 Å². The van der Waals surface area contributed by atoms with Crippen LogP contribution in [0.3, 0.4) is 0 Å². The molecule has 0 aliphatic carbocycles. The molecule has 0 spiro atoms. The van der Waals surface area contributed by atoms with Crippen LogP contribution in [-0.4, -0.2) is 32.3 Å². The number of para-hydroxylation sites is 1. The molecule has 0 aromatic heterocycles. The third-order valence-corrected chi connectivity index (χ3v) is 3.56. The summed E-state index contributed by atoms with van der Waals surface area (Å²) in [6.45, 7) is 8.45. The molecule has 1 aliphatic heterocycles. The van der Waals surface area contributed by atoms with Crippen LogP contribution in [0.4, 0.5) is 0 Å². The minimum absolute atomic E-state index is 0.586. The van der Waals surface area contributed by atoms with E-state index in [9.17, 15) is 0 Å². The summed E-state index contributed by atoms with van der Waals surface area (Å²) in [5.41, 5.74) is 1.36. The summed E-state index contributed by atoms with van der Waals surface area (Å²) in [6.07, 6.45) is 2.30. The van der Waals surface area contributed by atoms with Gasteiger partial charge in [-0.05, 0) is 37.6 Å². The molecule has 1 aromatic rings. The summed E-state index contributed by atoms with van der Waals surface area (Å²) in [7, 11) is 0. The Bertz CT molecular complexity index is 379. The highest BCUT2D eigenvalue weighted by molar-refractivity contribution is 5.37. The SMILES string of the molecule is CC(C)NCCCNCC1CCOc2ccccc21. The molecule has 0 saturated heterocycles. The molecular weight excluding hydrogens is 236 g/mol. The Morgan fingerprint density at radius 3 is 2.95 bits per heavy atom. The Labute approximate surface area is 116 Å². The van der Waals surface area contributed by atoms with E-state index in [0.29, 0.717) is 12.0 Å². The Morgan fingerprint density at radius 1 is 1.26 bits per heavy atom. The number of ether oxygens (including phenoxy) is 1. The standard InChI is InChI=1S/C16H26N2O/c1-13(2)18-10-5-9-17-12-14-8-11-19-16-7-4-3-6-15(14)16/h3-4,6-7,13-14,17-18H,5,8-12H2,1-2H3. The maximum absolute atomic E-state index is 5.69. The number of fused-ring (bicyclic) bond motifs is 1. The first kappa shape index (κ1) is 14.4. The second-order valence-corrected chi connectivity index (χ2v) is 5.54. The van der Waals surface area contributed by atoms with Gasteiger partial charge in [0.2, 0.25) is 0 Å². The molecule has 1 unspecified atom stereocenters. The van der Waals surface area contributed by atoms with Gasteiger partial charge in [-0.3, -0.25) is 0 Å². The summed E-state index contributed by atoms with van der Waals surface area (Å²) >= 11 is 0. The van der Waals surface area contributed by atoms with Crippen LogP contribution < -0.4 is 15.4 Å². The molecule has 0 saturated carbocycles. The van der Waals surface area contributed by atoms with Gasteiger partial charge in [0.05, 0.1) is 6.61 Å². The van der Waals surface area contributed by atoms with Gasteiger partial charge in [-0.1, -0.05) is 32.0 Å². The first-order valence-corrected chi connectivity index (χ1v) is 7.43. The minimum atomic E-state index is 0.586. The zero-order chi connectivity index (χ0) is 13.5. The van der Waals surface area contributed by atoms with Crippen molar-refractivity contribution in [2.24, 2.45) is 0 Å². The molecule has 106 valence electrons. The highest BCUT2D eigenvalue weighted by atomic mass is 16.5. The molecule has 2 N–H and O–H groups in total. The van der Waals surface area contributed by atoms with Crippen molar-refractivity contribution in [2.45, 2.75) is 38.6 Å². The third kappa shape index (κ3) is 4.51. The fourth-order valence-electron chi connectivity index (χ4n) is 2.51. The van der Waals surface area contributed by atoms with Crippen LogP contribution in [0.5, 0.6) is 5.75 Å². The summed E-state index contributed by atoms with van der Waals surface area (Å²) in [4.78, 5) is 0. The maximum atomic E-state index is 5.69. The van der Waals surface area contributed by atoms with Crippen molar-refractivity contribution in [1.29, 1.82) is 0 Å². The second-order valence-electron chi connectivity index (χ2n) is 5.54. The minimum Gasteiger partial charge on any atom is -0.493 e. The summed E-state index contributed by atoms with van der Waals surface area (Å²) in [5.74, 6) is 1.67. The molecule has 19 heavy (non-hydrogen) atoms. The fourth-order valence-corrected chi connectivity index (χ4v) is 2.51. The van der Waals surface area contributed by atoms with Gasteiger partial charge in [-0.15, -0.1) is 0 Å². The highest BCUT2D eigenvalue weighted by Gasteiger charge is 2.20. The Kier molecular flexibility index (Phi) is 5.67. The number of rotatable bonds is 7. The molecule has 1 heterocycles. The normalized spacial score (nSPS) is 18.2. The topological polar surface area (TPSA) is 33.3 Å². The van der Waals surface area contributed by atoms with Crippen molar-refractivity contribution >= 4 is 0 Å². The molecule has 1 atom stereocenters. The quantitative estimate of drug-likeness (QED) is 0.741. The summed E-state index contributed by atoms with van der Waals surface area (Å²) in [5, 5.41) is 7.01. The van der Waals surface area contributed by atoms with Crippen LogP contribution in [0, 0.1) is 0 Å². The Morgan fingerprint density at radius 2 is 2.11 bits per heavy atom. The molecule has 1 aliphatic rings. The van der Waals surface area contributed by atoms with E-state index in [4.69, 9.17) is 4.74 Å². The molecule has 0 radical (unpaired) electrons. The van der Waals surface area contributed by atoms with Crippen LogP contribution in [0.25, 0.3) is 0 Å². The lowest BCUT2D eigenvalue weighted by Crippen LogP contribution is -2.30. The van der Waals surface area contributed by atoms with Crippen molar-refractivity contribution in [3.63, 3.8) is 0 Å². The smallest absolute Gasteiger partial charge is 0.122 e. The zero-order valence-corrected chi connectivity index (χ0v) is 12.1. The first-order valence-electron chi connectivity index (χ1n) is 7.43. The summed E-state index contributed by atoms with van der Waals surface area (Å²) < 4.78 is 5.69. The molecule has 3 heteroatoms. The molecule has 2 rings (SSSR count). The van der Waals surface area contributed by atoms with E-state index in [1.807, 2.05) is 6.07 Å². The lowest BCUT2D eigenvalue weighted by atomic mass is 9.93. The van der Waals surface area contributed by atoms with Gasteiger partial charge >= 0.3 is 0 Å². The number of hydrogen-bond donors (Lipinski definition) is 2. The van der Waals surface area contributed by atoms with Gasteiger partial charge < -0.3 is 15.4 Å². The van der Waals surface area contributed by atoms with E-state index >= 15 is 0 Å². The molecule has 3 nitrogen and oxygen atoms in total. The lowest BCUT2D eigenvalue weighted by Gasteiger charge is -2.26. The Balaban J connectivity index is 1.70. The lowest BCUT2D eigenvalue weighted by molar-refractivity contribution is 0.264. The van der Waals surface area contributed by atoms with E-state index in [2.05, 4.69) is 42.7 Å². The van der Waals surface area contributed by atoms with Crippen LogP contribution in [-0.2, 0) is 0 Å². The zero-order valence-electron chi connectivity index (χ0n) is 12.1. The van der Waals surface area contributed by atoms with Crippen LogP contribution in [0.15, 0.2) is 24.3 Å². The fraction of sp³-hybridized carbons (Fsp3) is 0.625. The average molecular weight is 262 g/mol. The molecular formula is C16H26N2O. The number of hydrogen-bond acceptors (Lipinski definition) is 3. The largest absolute Gasteiger partial charge is 0.493 e.